The van der Waals surface area contributed by atoms with Gasteiger partial charge in [-0.15, -0.1) is 0 Å². The van der Waals surface area contributed by atoms with Gasteiger partial charge in [0.1, 0.15) is 0 Å². The maximum absolute atomic E-state index is 12.9. The molecule has 1 amide bonds. The number of nitrogens with one attached hydrogen (secondary N) is 1. The van der Waals surface area contributed by atoms with Crippen molar-refractivity contribution in [1.82, 2.24) is 14.7 Å². The van der Waals surface area contributed by atoms with Gasteiger partial charge in [0, 0.05) is 12.2 Å². The van der Waals surface area contributed by atoms with Crippen LogP contribution in [0.2, 0.25) is 0 Å². The highest BCUT2D eigenvalue weighted by Crippen LogP contribution is 2.28. The van der Waals surface area contributed by atoms with Crippen LogP contribution in [0, 0.1) is 5.92 Å². The topological polar surface area (TPSA) is 46.4 Å². The summed E-state index contributed by atoms with van der Waals surface area (Å²) < 4.78 is 2.05. The van der Waals surface area contributed by atoms with E-state index >= 15 is 0 Å². The summed E-state index contributed by atoms with van der Waals surface area (Å²) in [5, 5.41) is 4.08. The summed E-state index contributed by atoms with van der Waals surface area (Å²) in [6.07, 6.45) is 11.2. The summed E-state index contributed by atoms with van der Waals surface area (Å²) in [6, 6.07) is 6.38. The molecule has 0 aliphatic heterocycles. The Labute approximate surface area is 148 Å². The van der Waals surface area contributed by atoms with Crippen LogP contribution in [0.25, 0.3) is 5.52 Å². The van der Waals surface area contributed by atoms with Gasteiger partial charge in [0.05, 0.1) is 17.0 Å². The predicted molar refractivity (Wildman–Crippen MR) is 99.3 cm³/mol. The van der Waals surface area contributed by atoms with Crippen LogP contribution in [-0.4, -0.2) is 26.6 Å². The highest BCUT2D eigenvalue weighted by Gasteiger charge is 2.27. The van der Waals surface area contributed by atoms with Gasteiger partial charge in [-0.2, -0.15) is 0 Å². The third kappa shape index (κ3) is 4.12. The zero-order chi connectivity index (χ0) is 16.9. The molecule has 0 radical (unpaired) electrons. The van der Waals surface area contributed by atoms with Crippen LogP contribution in [0.5, 0.6) is 0 Å². The zero-order valence-electron chi connectivity index (χ0n) is 14.6. The van der Waals surface area contributed by atoms with E-state index in [0.29, 0.717) is 6.04 Å². The summed E-state index contributed by atoms with van der Waals surface area (Å²) in [6.45, 7) is 4.22. The third-order valence-electron chi connectivity index (χ3n) is 4.70. The molecule has 0 aromatic carbocycles. The number of fused-ring (bicyclic) bond motifs is 1. The second kappa shape index (κ2) is 8.06. The second-order valence-corrected chi connectivity index (χ2v) is 8.12. The van der Waals surface area contributed by atoms with Crippen molar-refractivity contribution in [3.8, 4) is 0 Å². The molecule has 1 fully saturated rings. The number of pyridine rings is 1. The first-order valence-corrected chi connectivity index (χ1v) is 9.92. The van der Waals surface area contributed by atoms with E-state index in [1.54, 1.807) is 11.8 Å². The fourth-order valence-electron chi connectivity index (χ4n) is 3.32. The molecule has 1 atom stereocenters. The molecule has 0 unspecified atom stereocenters. The molecule has 1 aliphatic carbocycles. The van der Waals surface area contributed by atoms with Gasteiger partial charge in [0.2, 0.25) is 5.91 Å². The third-order valence-corrected chi connectivity index (χ3v) is 6.23. The molecule has 130 valence electrons. The van der Waals surface area contributed by atoms with E-state index in [1.807, 2.05) is 30.6 Å². The van der Waals surface area contributed by atoms with Crippen molar-refractivity contribution in [3.63, 3.8) is 0 Å². The van der Waals surface area contributed by atoms with E-state index < -0.39 is 0 Å². The minimum Gasteiger partial charge on any atom is -0.352 e. The lowest BCUT2D eigenvalue weighted by atomic mass is 10.1. The molecule has 0 spiro atoms. The molecule has 1 saturated carbocycles. The molecule has 2 aromatic rings. The van der Waals surface area contributed by atoms with Crippen molar-refractivity contribution in [1.29, 1.82) is 0 Å². The Morgan fingerprint density at radius 3 is 2.71 bits per heavy atom. The van der Waals surface area contributed by atoms with Gasteiger partial charge in [-0.3, -0.25) is 9.20 Å². The van der Waals surface area contributed by atoms with E-state index in [4.69, 9.17) is 0 Å². The van der Waals surface area contributed by atoms with Crippen LogP contribution in [0.15, 0.2) is 35.7 Å². The quantitative estimate of drug-likeness (QED) is 0.649. The highest BCUT2D eigenvalue weighted by atomic mass is 32.2. The van der Waals surface area contributed by atoms with E-state index in [-0.39, 0.29) is 17.1 Å². The van der Waals surface area contributed by atoms with E-state index in [0.717, 1.165) is 23.5 Å². The van der Waals surface area contributed by atoms with Crippen molar-refractivity contribution < 1.29 is 4.79 Å². The molecule has 3 rings (SSSR count). The number of nitrogens with zero attached hydrogens (tertiary/aromatic N) is 2. The minimum absolute atomic E-state index is 0.112. The molecule has 1 aliphatic rings. The molecule has 4 nitrogen and oxygen atoms in total. The Morgan fingerprint density at radius 2 is 2.00 bits per heavy atom. The first-order valence-electron chi connectivity index (χ1n) is 9.04. The van der Waals surface area contributed by atoms with Gasteiger partial charge < -0.3 is 5.32 Å². The van der Waals surface area contributed by atoms with Gasteiger partial charge in [-0.1, -0.05) is 57.4 Å². The van der Waals surface area contributed by atoms with Crippen LogP contribution >= 0.6 is 11.8 Å². The maximum Gasteiger partial charge on any atom is 0.234 e. The predicted octanol–water partition coefficient (Wildman–Crippen LogP) is 4.29. The number of hydrogen-bond donors (Lipinski definition) is 1. The van der Waals surface area contributed by atoms with Crippen LogP contribution in [0.4, 0.5) is 0 Å². The molecule has 1 N–H and O–H groups in total. The average molecular weight is 346 g/mol. The van der Waals surface area contributed by atoms with Gasteiger partial charge >= 0.3 is 0 Å². The first-order chi connectivity index (χ1) is 11.6. The molecule has 24 heavy (non-hydrogen) atoms. The second-order valence-electron chi connectivity index (χ2n) is 7.02. The van der Waals surface area contributed by atoms with Crippen molar-refractivity contribution in [3.05, 3.63) is 30.6 Å². The van der Waals surface area contributed by atoms with Gasteiger partial charge in [0.15, 0.2) is 5.16 Å². The molecule has 0 saturated heterocycles. The minimum atomic E-state index is -0.112. The van der Waals surface area contributed by atoms with E-state index in [9.17, 15) is 4.79 Å². The number of carbonyl (C=O) groups is 1. The van der Waals surface area contributed by atoms with Crippen molar-refractivity contribution in [2.45, 2.75) is 68.8 Å². The lowest BCUT2D eigenvalue weighted by molar-refractivity contribution is -0.122. The first kappa shape index (κ1) is 17.3. The fraction of sp³-hybridized carbons (Fsp3) is 0.579. The fourth-order valence-corrected chi connectivity index (χ4v) is 4.39. The SMILES string of the molecule is CC(C)[C@H](Sc1ncc2ccccn12)C(=O)NC1CCCCCC1. The highest BCUT2D eigenvalue weighted by molar-refractivity contribution is 8.00. The largest absolute Gasteiger partial charge is 0.352 e. The van der Waals surface area contributed by atoms with Crippen LogP contribution in [0.1, 0.15) is 52.4 Å². The molecule has 2 aromatic heterocycles. The van der Waals surface area contributed by atoms with E-state index in [2.05, 4.69) is 28.5 Å². The summed E-state index contributed by atoms with van der Waals surface area (Å²) in [7, 11) is 0. The van der Waals surface area contributed by atoms with Gasteiger partial charge in [0.25, 0.3) is 0 Å². The lowest BCUT2D eigenvalue weighted by Gasteiger charge is -2.23. The number of imidazole rings is 1. The van der Waals surface area contributed by atoms with Crippen LogP contribution in [-0.2, 0) is 4.79 Å². The Bertz CT molecular complexity index is 674. The Hall–Kier alpha value is -1.49. The number of aromatic nitrogens is 2. The van der Waals surface area contributed by atoms with Gasteiger partial charge in [-0.05, 0) is 30.9 Å². The number of thioether (sulfide) groups is 1. The molecule has 5 heteroatoms. The molecule has 2 heterocycles. The van der Waals surface area contributed by atoms with Crippen LogP contribution in [0.3, 0.4) is 0 Å². The number of hydrogen-bond acceptors (Lipinski definition) is 3. The molecular formula is C19H27N3OS. The summed E-state index contributed by atoms with van der Waals surface area (Å²) >= 11 is 1.57. The Kier molecular flexibility index (Phi) is 5.82. The smallest absolute Gasteiger partial charge is 0.234 e. The summed E-state index contributed by atoms with van der Waals surface area (Å²) in [4.78, 5) is 17.4. The summed E-state index contributed by atoms with van der Waals surface area (Å²) in [5.74, 6) is 0.423. The average Bonchev–Trinajstić information content (AvgIpc) is 2.80. The molecular weight excluding hydrogens is 318 g/mol. The lowest BCUT2D eigenvalue weighted by Crippen LogP contribution is -2.42. The maximum atomic E-state index is 12.9. The Balaban J connectivity index is 1.70. The van der Waals surface area contributed by atoms with Crippen molar-refractivity contribution >= 4 is 23.2 Å². The van der Waals surface area contributed by atoms with Gasteiger partial charge in [-0.25, -0.2) is 4.98 Å². The number of carbonyl (C=O) groups excluding carboxylic acids is 1. The standard InChI is InChI=1S/C19H27N3OS/c1-14(2)17(18(23)21-15-9-5-3-4-6-10-15)24-19-20-13-16-11-7-8-12-22(16)19/h7-8,11-15,17H,3-6,9-10H2,1-2H3,(H,21,23)/t17-/m0/s1. The monoisotopic (exact) mass is 345 g/mol. The molecule has 0 bridgehead atoms. The zero-order valence-corrected chi connectivity index (χ0v) is 15.4. The van der Waals surface area contributed by atoms with Crippen LogP contribution < -0.4 is 5.32 Å². The van der Waals surface area contributed by atoms with E-state index in [1.165, 1.54) is 25.7 Å². The van der Waals surface area contributed by atoms with Crippen molar-refractivity contribution in [2.24, 2.45) is 5.92 Å². The summed E-state index contributed by atoms with van der Waals surface area (Å²) in [5.41, 5.74) is 1.06. The Morgan fingerprint density at radius 1 is 1.25 bits per heavy atom. The number of amides is 1. The number of rotatable bonds is 5. The van der Waals surface area contributed by atoms with Crippen molar-refractivity contribution in [2.75, 3.05) is 0 Å². The normalized spacial score (nSPS) is 17.8.